The molecule has 2 aliphatic heterocycles. The van der Waals surface area contributed by atoms with Gasteiger partial charge >= 0.3 is 23.5 Å². The van der Waals surface area contributed by atoms with Gasteiger partial charge in [-0.1, -0.05) is 33.7 Å². The summed E-state index contributed by atoms with van der Waals surface area (Å²) in [6.07, 6.45) is 0.672. The third-order valence-corrected chi connectivity index (χ3v) is 11.8. The number of hydrogen-bond acceptors (Lipinski definition) is 26. The van der Waals surface area contributed by atoms with Gasteiger partial charge in [0, 0.05) is 35.4 Å². The Morgan fingerprint density at radius 1 is 0.794 bits per heavy atom. The van der Waals surface area contributed by atoms with E-state index in [1.807, 2.05) is 6.66 Å². The minimum Gasteiger partial charge on any atom is -0.394 e. The number of nitrogens with zero attached hydrogens (tertiary/aromatic N) is 6. The number of hydrogen-bond donors (Lipinski definition) is 12. The monoisotopic (exact) mass is 1080 g/mol. The van der Waals surface area contributed by atoms with E-state index in [-0.39, 0.29) is 56.1 Å². The minimum absolute atomic E-state index is 0. The molecule has 0 aliphatic carbocycles. The van der Waals surface area contributed by atoms with Gasteiger partial charge in [-0.25, -0.2) is 28.9 Å². The summed E-state index contributed by atoms with van der Waals surface area (Å²) in [6.45, 7) is 8.69. The summed E-state index contributed by atoms with van der Waals surface area (Å²) in [4.78, 5) is 81.6. The Morgan fingerprint density at radius 3 is 1.66 bits per heavy atom. The fourth-order valence-corrected chi connectivity index (χ4v) is 8.45. The molecule has 0 radical (unpaired) electrons. The van der Waals surface area contributed by atoms with Crippen LogP contribution in [0.4, 0.5) is 11.9 Å². The first-order chi connectivity index (χ1) is 31.2. The molecule has 6 rings (SSSR count). The number of nitrogens with one attached hydrogen (secondary N) is 4. The molecule has 0 saturated carbocycles. The summed E-state index contributed by atoms with van der Waals surface area (Å²) in [6, 6.07) is 0. The van der Waals surface area contributed by atoms with Gasteiger partial charge < -0.3 is 55.0 Å². The lowest BCUT2D eigenvalue weighted by molar-refractivity contribution is -0.778. The number of anilines is 2. The number of imidazole rings is 2. The number of phosphoric ester groups is 1. The van der Waals surface area contributed by atoms with Crippen LogP contribution in [0, 0.1) is 0 Å². The first-order valence-electron chi connectivity index (χ1n) is 17.9. The summed E-state index contributed by atoms with van der Waals surface area (Å²) in [7, 11) is -12.5. The number of aliphatic hydroxyl groups is 3. The van der Waals surface area contributed by atoms with E-state index in [0.29, 0.717) is 31.1 Å². The van der Waals surface area contributed by atoms with E-state index in [1.165, 1.54) is 17.2 Å². The number of ether oxygens (including phenoxy) is 2. The average Bonchev–Trinajstić information content (AvgIpc) is 4.05. The zero-order chi connectivity index (χ0) is 49.2. The quantitative estimate of drug-likeness (QED) is 0.0180. The molecule has 6 heterocycles. The maximum atomic E-state index is 12.2. The van der Waals surface area contributed by atoms with E-state index in [2.05, 4.69) is 106 Å². The topological polar surface area (TPSA) is 466 Å². The van der Waals surface area contributed by atoms with Crippen molar-refractivity contribution in [1.29, 1.82) is 0 Å². The lowest BCUT2D eigenvalue weighted by Gasteiger charge is -2.19. The molecule has 34 nitrogen and oxygen atoms in total. The van der Waals surface area contributed by atoms with Gasteiger partial charge in [-0.05, 0) is 25.2 Å². The Morgan fingerprint density at radius 2 is 1.25 bits per heavy atom. The summed E-state index contributed by atoms with van der Waals surface area (Å²) < 4.78 is 63.4. The molecule has 68 heavy (non-hydrogen) atoms. The second-order valence-electron chi connectivity index (χ2n) is 12.2. The highest BCUT2D eigenvalue weighted by Crippen LogP contribution is 2.66. The Labute approximate surface area is 388 Å². The summed E-state index contributed by atoms with van der Waals surface area (Å²) in [5.74, 6) is 0.429. The van der Waals surface area contributed by atoms with Crippen molar-refractivity contribution < 1.29 is 106 Å². The molecule has 388 valence electrons. The number of aromatic amines is 2. The van der Waals surface area contributed by atoms with Crippen LogP contribution in [0.3, 0.4) is 0 Å². The van der Waals surface area contributed by atoms with Crippen LogP contribution in [0.2, 0.25) is 0 Å². The van der Waals surface area contributed by atoms with Gasteiger partial charge in [0.15, 0.2) is 22.3 Å². The van der Waals surface area contributed by atoms with Gasteiger partial charge in [0.25, 0.3) is 11.1 Å². The Hall–Kier alpha value is -3.43. The molecule has 0 aromatic carbocycles. The average molecular weight is 1080 g/mol. The van der Waals surface area contributed by atoms with Gasteiger partial charge in [0.2, 0.25) is 11.9 Å². The van der Waals surface area contributed by atoms with Gasteiger partial charge in [0.05, 0.1) is 38.1 Å². The van der Waals surface area contributed by atoms with Crippen molar-refractivity contribution in [3.05, 3.63) is 58.7 Å². The Kier molecular flexibility index (Phi) is 27.3. The van der Waals surface area contributed by atoms with Crippen LogP contribution in [0.15, 0.2) is 47.6 Å². The second kappa shape index (κ2) is 29.7. The summed E-state index contributed by atoms with van der Waals surface area (Å²) in [5, 5.41) is 58.9. The minimum atomic E-state index is -5.68. The summed E-state index contributed by atoms with van der Waals surface area (Å²) >= 11 is 0. The normalized spacial score (nSPS) is 21.5. The molecule has 2 aliphatic rings. The SMILES string of the molecule is C.C.C=CCNc1nc2c(ncn2[C@H]2C[C@@H](O)[C@@H](CO)O2)c(=O)[nH]1.C=CCNc1nc2c(ncn2[C@H]2C[C@@H](O)[C@@H](COP(=O)(O)OP(=O)(O)OP(=O)(O)O)O2)c(=O)[nH]1.CP.OOOOOOOP. The van der Waals surface area contributed by atoms with Crippen molar-refractivity contribution in [2.75, 3.05) is 43.6 Å². The zero-order valence-electron chi connectivity index (χ0n) is 33.7. The predicted molar refractivity (Wildman–Crippen MR) is 238 cm³/mol. The van der Waals surface area contributed by atoms with E-state index in [1.54, 1.807) is 26.2 Å². The van der Waals surface area contributed by atoms with Gasteiger partial charge in [0.1, 0.15) is 24.7 Å². The van der Waals surface area contributed by atoms with E-state index < -0.39 is 72.5 Å². The third-order valence-electron chi connectivity index (χ3n) is 7.87. The maximum Gasteiger partial charge on any atom is 0.490 e. The zero-order valence-corrected chi connectivity index (χ0v) is 38.7. The highest BCUT2D eigenvalue weighted by atomic mass is 31.3. The Balaban J connectivity index is 0.000000582. The number of aliphatic hydroxyl groups excluding tert-OH is 3. The highest BCUT2D eigenvalue weighted by Gasteiger charge is 2.43. The van der Waals surface area contributed by atoms with E-state index in [0.717, 1.165) is 0 Å². The van der Waals surface area contributed by atoms with Gasteiger partial charge in [-0.15, -0.1) is 22.4 Å². The molecule has 10 atom stereocenters. The van der Waals surface area contributed by atoms with Crippen LogP contribution in [-0.4, -0.2) is 137 Å². The smallest absolute Gasteiger partial charge is 0.394 e. The number of rotatable bonds is 21. The van der Waals surface area contributed by atoms with E-state index in [4.69, 9.17) is 34.5 Å². The fourth-order valence-electron chi connectivity index (χ4n) is 5.39. The third kappa shape index (κ3) is 19.1. The predicted octanol–water partition coefficient (Wildman–Crippen LogP) is 0.755. The second-order valence-corrected chi connectivity index (χ2v) is 16.8. The van der Waals surface area contributed by atoms with E-state index >= 15 is 0 Å². The van der Waals surface area contributed by atoms with Crippen LogP contribution in [0.25, 0.3) is 22.3 Å². The van der Waals surface area contributed by atoms with Gasteiger partial charge in [-0.2, -0.15) is 23.3 Å². The number of aromatic nitrogens is 8. The molecule has 0 spiro atoms. The van der Waals surface area contributed by atoms with Crippen LogP contribution in [0.5, 0.6) is 0 Å². The molecule has 0 amide bonds. The molecular formula is C29H53N10O24P5. The maximum absolute atomic E-state index is 12.2. The first kappa shape index (κ1) is 62.6. The summed E-state index contributed by atoms with van der Waals surface area (Å²) in [5.41, 5.74) is -0.272. The van der Waals surface area contributed by atoms with Crippen molar-refractivity contribution in [2.24, 2.45) is 0 Å². The lowest BCUT2D eigenvalue weighted by atomic mass is 10.2. The van der Waals surface area contributed by atoms with Crippen molar-refractivity contribution in [2.45, 2.75) is 64.6 Å². The largest absolute Gasteiger partial charge is 0.490 e. The number of phosphoric acid groups is 3. The van der Waals surface area contributed by atoms with Crippen molar-refractivity contribution in [1.82, 2.24) is 39.0 Å². The molecule has 2 fully saturated rings. The molecular weight excluding hydrogens is 1030 g/mol. The van der Waals surface area contributed by atoms with Crippen LogP contribution < -0.4 is 21.8 Å². The molecule has 12 N–H and O–H groups in total. The number of H-pyrrole nitrogens is 2. The van der Waals surface area contributed by atoms with Crippen molar-refractivity contribution in [3.63, 3.8) is 0 Å². The molecule has 2 saturated heterocycles. The van der Waals surface area contributed by atoms with Crippen LogP contribution in [-0.2, 0) is 66.2 Å². The lowest BCUT2D eigenvalue weighted by Crippen LogP contribution is -2.26. The highest BCUT2D eigenvalue weighted by molar-refractivity contribution is 7.66. The molecule has 4 aromatic heterocycles. The number of fused-ring (bicyclic) bond motifs is 2. The van der Waals surface area contributed by atoms with E-state index in [9.17, 15) is 38.4 Å². The Bertz CT molecular complexity index is 2430. The van der Waals surface area contributed by atoms with Crippen LogP contribution in [0.1, 0.15) is 40.2 Å². The van der Waals surface area contributed by atoms with Gasteiger partial charge in [-0.3, -0.25) is 33.2 Å². The molecule has 4 aromatic rings. The first-order valence-corrected chi connectivity index (χ1v) is 24.0. The van der Waals surface area contributed by atoms with Crippen LogP contribution >= 0.6 is 42.2 Å². The van der Waals surface area contributed by atoms with Crippen molar-refractivity contribution >= 4 is 76.4 Å². The standard InChI is InChI=1S/C13H20N5O13P3.C13H17N5O4.CH5P.2CH4.H3O7P/c1-2-3-14-13-16-11-10(12(20)17-13)15-6-18(11)9-4-7(19)8(29-9)5-28-33(24,25)31-34(26,27)30-32(21,22)23;1-2-3-14-13-16-11-10(12(21)17-13)15-6-18(11)9-4-7(20)8(5-19)22-9;1-2;;;1-2-3-4-5-6-7-8/h2,6-9,19H,1,3-5H2,(H,24,25)(H,26,27)(H2,21,22,23)(H2,14,16,17,20);2,6-9,19-20H,1,3-5H2,(H2,14,16,17,21);2H2,1H3;2*1H4;1H,8H2/t2*7-,8-,9-;;;;/m11..../s1. The van der Waals surface area contributed by atoms with Crippen molar-refractivity contribution in [3.8, 4) is 0 Å². The molecule has 4 unspecified atom stereocenters. The molecule has 39 heteroatoms. The molecule has 0 bridgehead atoms. The fraction of sp³-hybridized carbons (Fsp3) is 0.517.